The zero-order valence-electron chi connectivity index (χ0n) is 10.6. The van der Waals surface area contributed by atoms with Gasteiger partial charge in [0.1, 0.15) is 18.2 Å². The molecule has 0 saturated carbocycles. The van der Waals surface area contributed by atoms with Crippen LogP contribution in [-0.4, -0.2) is 14.7 Å². The number of nitrogens with one attached hydrogen (secondary N) is 1. The highest BCUT2D eigenvalue weighted by Crippen LogP contribution is 2.18. The van der Waals surface area contributed by atoms with Crippen LogP contribution in [0.15, 0.2) is 47.4 Å². The Labute approximate surface area is 120 Å². The monoisotopic (exact) mass is 304 g/mol. The third-order valence-electron chi connectivity index (χ3n) is 2.67. The van der Waals surface area contributed by atoms with Crippen LogP contribution in [0, 0.1) is 17.1 Å². The molecule has 0 aliphatic rings. The molecule has 0 aliphatic heterocycles. The fourth-order valence-corrected chi connectivity index (χ4v) is 2.69. The van der Waals surface area contributed by atoms with E-state index >= 15 is 0 Å². The minimum Gasteiger partial charge on any atom is -0.298 e. The highest BCUT2D eigenvalue weighted by Gasteiger charge is 2.16. The molecule has 7 heteroatoms. The van der Waals surface area contributed by atoms with Crippen molar-refractivity contribution in [3.8, 4) is 6.07 Å². The molecule has 0 fully saturated rings. The summed E-state index contributed by atoms with van der Waals surface area (Å²) in [4.78, 5) is 10.3. The first-order chi connectivity index (χ1) is 9.96. The molecule has 0 aliphatic carbocycles. The molecule has 2 aromatic rings. The predicted octanol–water partition coefficient (Wildman–Crippen LogP) is 2.31. The van der Waals surface area contributed by atoms with Gasteiger partial charge < -0.3 is 0 Å². The summed E-state index contributed by atoms with van der Waals surface area (Å²) in [5.74, 6) is -0.785. The van der Waals surface area contributed by atoms with E-state index in [1.807, 2.05) is 0 Å². The number of benzene rings is 2. The normalized spacial score (nSPS) is 10.7. The highest BCUT2D eigenvalue weighted by atomic mass is 32.2. The Morgan fingerprint density at radius 1 is 1.14 bits per heavy atom. The van der Waals surface area contributed by atoms with Gasteiger partial charge in [-0.2, -0.15) is 5.26 Å². The summed E-state index contributed by atoms with van der Waals surface area (Å²) in [6.45, 7) is 0. The molecule has 0 heterocycles. The quantitative estimate of drug-likeness (QED) is 0.878. The summed E-state index contributed by atoms with van der Waals surface area (Å²) in [5, 5.41) is 8.72. The van der Waals surface area contributed by atoms with E-state index in [0.29, 0.717) is 11.8 Å². The van der Waals surface area contributed by atoms with Crippen molar-refractivity contribution in [3.05, 3.63) is 59.4 Å². The molecular formula is C14H9FN2O3S. The Morgan fingerprint density at radius 2 is 1.81 bits per heavy atom. The van der Waals surface area contributed by atoms with E-state index in [2.05, 4.69) is 4.72 Å². The first kappa shape index (κ1) is 14.7. The van der Waals surface area contributed by atoms with Crippen LogP contribution in [0.1, 0.15) is 15.9 Å². The third kappa shape index (κ3) is 3.24. The number of halogens is 1. The molecular weight excluding hydrogens is 295 g/mol. The maximum Gasteiger partial charge on any atom is 0.261 e. The summed E-state index contributed by atoms with van der Waals surface area (Å²) >= 11 is 0. The van der Waals surface area contributed by atoms with Gasteiger partial charge in [-0.05, 0) is 42.5 Å². The summed E-state index contributed by atoms with van der Waals surface area (Å²) < 4.78 is 39.7. The largest absolute Gasteiger partial charge is 0.298 e. The van der Waals surface area contributed by atoms with Crippen LogP contribution in [0.25, 0.3) is 0 Å². The number of hydrogen-bond donors (Lipinski definition) is 1. The number of carbonyl (C=O) groups is 1. The number of nitrogens with zero attached hydrogens (tertiary/aromatic N) is 1. The lowest BCUT2D eigenvalue weighted by molar-refractivity contribution is 0.112. The van der Waals surface area contributed by atoms with Crippen molar-refractivity contribution in [1.29, 1.82) is 5.26 Å². The Kier molecular flexibility index (Phi) is 4.00. The van der Waals surface area contributed by atoms with Crippen LogP contribution in [0.4, 0.5) is 10.1 Å². The molecule has 21 heavy (non-hydrogen) atoms. The van der Waals surface area contributed by atoms with Crippen molar-refractivity contribution < 1.29 is 17.6 Å². The summed E-state index contributed by atoms with van der Waals surface area (Å²) in [6.07, 6.45) is 0.636. The van der Waals surface area contributed by atoms with Gasteiger partial charge in [0, 0.05) is 11.3 Å². The second-order valence-corrected chi connectivity index (χ2v) is 5.78. The standard InChI is InChI=1S/C14H9FN2O3S/c15-14-6-5-13(7-11(14)8-16)21(19,20)17-12-3-1-10(9-18)2-4-12/h1-7,9,17H. The zero-order chi connectivity index (χ0) is 15.5. The smallest absolute Gasteiger partial charge is 0.261 e. The van der Waals surface area contributed by atoms with Gasteiger partial charge in [0.15, 0.2) is 0 Å². The maximum absolute atomic E-state index is 13.2. The molecule has 2 aromatic carbocycles. The van der Waals surface area contributed by atoms with E-state index in [-0.39, 0.29) is 16.1 Å². The van der Waals surface area contributed by atoms with E-state index < -0.39 is 15.8 Å². The summed E-state index contributed by atoms with van der Waals surface area (Å²) in [6, 6.07) is 10.3. The van der Waals surface area contributed by atoms with Crippen LogP contribution in [0.5, 0.6) is 0 Å². The molecule has 0 aromatic heterocycles. The molecule has 1 N–H and O–H groups in total. The van der Waals surface area contributed by atoms with Crippen molar-refractivity contribution in [1.82, 2.24) is 0 Å². The predicted molar refractivity (Wildman–Crippen MR) is 73.8 cm³/mol. The van der Waals surface area contributed by atoms with Gasteiger partial charge in [-0.1, -0.05) is 0 Å². The molecule has 0 spiro atoms. The Morgan fingerprint density at radius 3 is 2.38 bits per heavy atom. The number of rotatable bonds is 4. The molecule has 5 nitrogen and oxygen atoms in total. The van der Waals surface area contributed by atoms with Gasteiger partial charge in [0.25, 0.3) is 10.0 Å². The molecule has 106 valence electrons. The zero-order valence-corrected chi connectivity index (χ0v) is 11.4. The Hall–Kier alpha value is -2.72. The topological polar surface area (TPSA) is 87.0 Å². The number of carbonyl (C=O) groups excluding carboxylic acids is 1. The highest BCUT2D eigenvalue weighted by molar-refractivity contribution is 7.92. The fraction of sp³-hybridized carbons (Fsp3) is 0. The fourth-order valence-electron chi connectivity index (χ4n) is 1.60. The van der Waals surface area contributed by atoms with Gasteiger partial charge in [-0.25, -0.2) is 12.8 Å². The van der Waals surface area contributed by atoms with E-state index in [1.54, 1.807) is 6.07 Å². The molecule has 0 saturated heterocycles. The van der Waals surface area contributed by atoms with Crippen molar-refractivity contribution in [2.75, 3.05) is 4.72 Å². The third-order valence-corrected chi connectivity index (χ3v) is 4.05. The van der Waals surface area contributed by atoms with Crippen LogP contribution in [-0.2, 0) is 10.0 Å². The van der Waals surface area contributed by atoms with Crippen molar-refractivity contribution >= 4 is 22.0 Å². The first-order valence-corrected chi connectivity index (χ1v) is 7.22. The van der Waals surface area contributed by atoms with Gasteiger partial charge in [-0.3, -0.25) is 9.52 Å². The van der Waals surface area contributed by atoms with Crippen LogP contribution >= 0.6 is 0 Å². The number of nitriles is 1. The molecule has 0 amide bonds. The molecule has 0 atom stereocenters. The lowest BCUT2D eigenvalue weighted by Crippen LogP contribution is -2.13. The number of hydrogen-bond acceptors (Lipinski definition) is 4. The first-order valence-electron chi connectivity index (χ1n) is 5.74. The van der Waals surface area contributed by atoms with Crippen LogP contribution < -0.4 is 4.72 Å². The van der Waals surface area contributed by atoms with E-state index in [1.165, 1.54) is 24.3 Å². The lowest BCUT2D eigenvalue weighted by atomic mass is 10.2. The number of anilines is 1. The van der Waals surface area contributed by atoms with Crippen molar-refractivity contribution in [3.63, 3.8) is 0 Å². The minimum atomic E-state index is -3.94. The molecule has 0 radical (unpaired) electrons. The number of sulfonamides is 1. The van der Waals surface area contributed by atoms with Crippen LogP contribution in [0.3, 0.4) is 0 Å². The van der Waals surface area contributed by atoms with Gasteiger partial charge in [-0.15, -0.1) is 0 Å². The Bertz CT molecular complexity index is 824. The maximum atomic E-state index is 13.2. The summed E-state index contributed by atoms with van der Waals surface area (Å²) in [7, 11) is -3.94. The van der Waals surface area contributed by atoms with Gasteiger partial charge in [0.2, 0.25) is 0 Å². The molecule has 0 bridgehead atoms. The van der Waals surface area contributed by atoms with Gasteiger partial charge in [0.05, 0.1) is 10.5 Å². The second-order valence-electron chi connectivity index (χ2n) is 4.10. The van der Waals surface area contributed by atoms with Crippen LogP contribution in [0.2, 0.25) is 0 Å². The average Bonchev–Trinajstić information content (AvgIpc) is 2.48. The van der Waals surface area contributed by atoms with E-state index in [0.717, 1.165) is 18.2 Å². The average molecular weight is 304 g/mol. The van der Waals surface area contributed by atoms with E-state index in [4.69, 9.17) is 5.26 Å². The number of aldehydes is 1. The molecule has 0 unspecified atom stereocenters. The SMILES string of the molecule is N#Cc1cc(S(=O)(=O)Nc2ccc(C=O)cc2)ccc1F. The van der Waals surface area contributed by atoms with Gasteiger partial charge >= 0.3 is 0 Å². The second kappa shape index (κ2) is 5.73. The lowest BCUT2D eigenvalue weighted by Gasteiger charge is -2.08. The Balaban J connectivity index is 2.33. The van der Waals surface area contributed by atoms with Crippen molar-refractivity contribution in [2.45, 2.75) is 4.90 Å². The molecule has 2 rings (SSSR count). The van der Waals surface area contributed by atoms with Crippen molar-refractivity contribution in [2.24, 2.45) is 0 Å². The van der Waals surface area contributed by atoms with E-state index in [9.17, 15) is 17.6 Å². The minimum absolute atomic E-state index is 0.222. The summed E-state index contributed by atoms with van der Waals surface area (Å²) in [5.41, 5.74) is 0.309.